The molecule has 0 saturated heterocycles. The lowest BCUT2D eigenvalue weighted by Crippen LogP contribution is -2.25. The van der Waals surface area contributed by atoms with Crippen LogP contribution in [0.4, 0.5) is 4.39 Å². The lowest BCUT2D eigenvalue weighted by molar-refractivity contribution is 0.531. The predicted molar refractivity (Wildman–Crippen MR) is 77.8 cm³/mol. The molecular formula is C13H14BrClFN3. The van der Waals surface area contributed by atoms with Crippen LogP contribution in [0.1, 0.15) is 24.2 Å². The van der Waals surface area contributed by atoms with Crippen LogP contribution >= 0.6 is 27.5 Å². The Hall–Kier alpha value is -0.910. The summed E-state index contributed by atoms with van der Waals surface area (Å²) < 4.78 is 16.7. The molecule has 1 atom stereocenters. The van der Waals surface area contributed by atoms with E-state index < -0.39 is 0 Å². The summed E-state index contributed by atoms with van der Waals surface area (Å²) in [6.07, 6.45) is 1.70. The average molecular weight is 347 g/mol. The summed E-state index contributed by atoms with van der Waals surface area (Å²) in [5.74, 6) is -0.327. The van der Waals surface area contributed by atoms with Crippen molar-refractivity contribution < 1.29 is 4.39 Å². The van der Waals surface area contributed by atoms with Gasteiger partial charge < -0.3 is 5.32 Å². The minimum atomic E-state index is -0.327. The van der Waals surface area contributed by atoms with E-state index in [1.807, 2.05) is 14.0 Å². The van der Waals surface area contributed by atoms with E-state index in [4.69, 9.17) is 11.6 Å². The van der Waals surface area contributed by atoms with E-state index >= 15 is 0 Å². The van der Waals surface area contributed by atoms with Gasteiger partial charge in [0.2, 0.25) is 0 Å². The highest BCUT2D eigenvalue weighted by Gasteiger charge is 2.22. The Bertz CT molecular complexity index is 566. The molecule has 2 aromatic rings. The van der Waals surface area contributed by atoms with Crippen molar-refractivity contribution in [1.82, 2.24) is 15.1 Å². The molecule has 1 aromatic carbocycles. The Morgan fingerprint density at radius 2 is 2.26 bits per heavy atom. The second-order valence-corrected chi connectivity index (χ2v) is 5.45. The summed E-state index contributed by atoms with van der Waals surface area (Å²) in [6.45, 7) is 2.69. The molecule has 19 heavy (non-hydrogen) atoms. The quantitative estimate of drug-likeness (QED) is 0.915. The van der Waals surface area contributed by atoms with Crippen molar-refractivity contribution in [2.24, 2.45) is 7.05 Å². The largest absolute Gasteiger partial charge is 0.305 e. The summed E-state index contributed by atoms with van der Waals surface area (Å²) in [6, 6.07) is 4.44. The van der Waals surface area contributed by atoms with Crippen molar-refractivity contribution in [3.63, 3.8) is 0 Å². The maximum Gasteiger partial charge on any atom is 0.129 e. The Morgan fingerprint density at radius 1 is 1.53 bits per heavy atom. The molecule has 1 aromatic heterocycles. The first kappa shape index (κ1) is 14.5. The van der Waals surface area contributed by atoms with Gasteiger partial charge in [-0.15, -0.1) is 0 Å². The molecule has 0 radical (unpaired) electrons. The van der Waals surface area contributed by atoms with Gasteiger partial charge in [-0.1, -0.05) is 24.6 Å². The van der Waals surface area contributed by atoms with E-state index in [1.54, 1.807) is 23.0 Å². The van der Waals surface area contributed by atoms with Crippen LogP contribution in [0, 0.1) is 5.82 Å². The summed E-state index contributed by atoms with van der Waals surface area (Å²) in [4.78, 5) is 0. The molecule has 3 nitrogen and oxygen atoms in total. The summed E-state index contributed by atoms with van der Waals surface area (Å²) in [7, 11) is 1.83. The number of rotatable bonds is 4. The van der Waals surface area contributed by atoms with Crippen LogP contribution < -0.4 is 5.32 Å². The molecular weight excluding hydrogens is 333 g/mol. The Balaban J connectivity index is 2.51. The monoisotopic (exact) mass is 345 g/mol. The summed E-state index contributed by atoms with van der Waals surface area (Å²) in [5.41, 5.74) is 1.43. The van der Waals surface area contributed by atoms with Crippen molar-refractivity contribution in [2.75, 3.05) is 6.54 Å². The Kier molecular flexibility index (Phi) is 4.60. The number of benzene rings is 1. The van der Waals surface area contributed by atoms with Gasteiger partial charge in [-0.2, -0.15) is 5.10 Å². The van der Waals surface area contributed by atoms with Gasteiger partial charge in [0.1, 0.15) is 5.82 Å². The van der Waals surface area contributed by atoms with E-state index in [1.165, 1.54) is 6.07 Å². The molecule has 0 aliphatic heterocycles. The molecule has 0 amide bonds. The first-order valence-corrected chi connectivity index (χ1v) is 7.07. The van der Waals surface area contributed by atoms with Gasteiger partial charge in [0.05, 0.1) is 22.4 Å². The zero-order valence-corrected chi connectivity index (χ0v) is 13.0. The first-order chi connectivity index (χ1) is 9.04. The molecule has 1 heterocycles. The zero-order chi connectivity index (χ0) is 14.0. The van der Waals surface area contributed by atoms with E-state index in [0.29, 0.717) is 17.1 Å². The molecule has 0 aliphatic carbocycles. The number of aryl methyl sites for hydroxylation is 1. The van der Waals surface area contributed by atoms with Gasteiger partial charge in [0, 0.05) is 17.6 Å². The molecule has 6 heteroatoms. The third kappa shape index (κ3) is 2.99. The maximum absolute atomic E-state index is 14.1. The van der Waals surface area contributed by atoms with Crippen LogP contribution in [-0.4, -0.2) is 16.3 Å². The van der Waals surface area contributed by atoms with Crippen LogP contribution in [0.3, 0.4) is 0 Å². The fourth-order valence-electron chi connectivity index (χ4n) is 2.04. The topological polar surface area (TPSA) is 29.9 Å². The van der Waals surface area contributed by atoms with Gasteiger partial charge in [0.15, 0.2) is 0 Å². The molecule has 2 rings (SSSR count). The molecule has 0 aliphatic rings. The average Bonchev–Trinajstić information content (AvgIpc) is 2.67. The standard InChI is InChI=1S/C13H14BrClFN3/c1-3-17-12(13-10(14)7-18-19(13)2)9-5-4-8(15)6-11(9)16/h4-7,12,17H,3H2,1-2H3. The first-order valence-electron chi connectivity index (χ1n) is 5.90. The van der Waals surface area contributed by atoms with Crippen LogP contribution in [0.25, 0.3) is 0 Å². The highest BCUT2D eigenvalue weighted by atomic mass is 79.9. The Labute approximate surface area is 124 Å². The van der Waals surface area contributed by atoms with Gasteiger partial charge in [-0.3, -0.25) is 4.68 Å². The van der Waals surface area contributed by atoms with Crippen LogP contribution in [-0.2, 0) is 7.05 Å². The van der Waals surface area contributed by atoms with Crippen LogP contribution in [0.2, 0.25) is 5.02 Å². The molecule has 1 unspecified atom stereocenters. The SMILES string of the molecule is CCNC(c1ccc(Cl)cc1F)c1c(Br)cnn1C. The highest BCUT2D eigenvalue weighted by Crippen LogP contribution is 2.30. The third-order valence-corrected chi connectivity index (χ3v) is 3.74. The van der Waals surface area contributed by atoms with Crippen molar-refractivity contribution in [1.29, 1.82) is 0 Å². The molecule has 0 bridgehead atoms. The second kappa shape index (κ2) is 6.03. The van der Waals surface area contributed by atoms with Crippen molar-refractivity contribution in [2.45, 2.75) is 13.0 Å². The number of aromatic nitrogens is 2. The molecule has 0 spiro atoms. The van der Waals surface area contributed by atoms with Crippen LogP contribution in [0.5, 0.6) is 0 Å². The van der Waals surface area contributed by atoms with Gasteiger partial charge in [0.25, 0.3) is 0 Å². The summed E-state index contributed by atoms with van der Waals surface area (Å²) >= 11 is 9.25. The van der Waals surface area contributed by atoms with Crippen molar-refractivity contribution in [3.8, 4) is 0 Å². The van der Waals surface area contributed by atoms with Gasteiger partial charge in [-0.25, -0.2) is 4.39 Å². The fourth-order valence-corrected chi connectivity index (χ4v) is 2.77. The number of hydrogen-bond acceptors (Lipinski definition) is 2. The number of halogens is 3. The number of nitrogens with zero attached hydrogens (tertiary/aromatic N) is 2. The smallest absolute Gasteiger partial charge is 0.129 e. The third-order valence-electron chi connectivity index (χ3n) is 2.89. The normalized spacial score (nSPS) is 12.7. The van der Waals surface area contributed by atoms with E-state index in [0.717, 1.165) is 10.2 Å². The fraction of sp³-hybridized carbons (Fsp3) is 0.308. The van der Waals surface area contributed by atoms with E-state index in [2.05, 4.69) is 26.3 Å². The lowest BCUT2D eigenvalue weighted by Gasteiger charge is -2.20. The predicted octanol–water partition coefficient (Wildman–Crippen LogP) is 3.67. The zero-order valence-electron chi connectivity index (χ0n) is 10.6. The maximum atomic E-state index is 14.1. The molecule has 0 fully saturated rings. The number of nitrogens with one attached hydrogen (secondary N) is 1. The molecule has 1 N–H and O–H groups in total. The van der Waals surface area contributed by atoms with E-state index in [-0.39, 0.29) is 11.9 Å². The van der Waals surface area contributed by atoms with Crippen molar-refractivity contribution in [3.05, 3.63) is 51.0 Å². The van der Waals surface area contributed by atoms with Crippen molar-refractivity contribution >= 4 is 27.5 Å². The second-order valence-electron chi connectivity index (χ2n) is 4.16. The highest BCUT2D eigenvalue weighted by molar-refractivity contribution is 9.10. The lowest BCUT2D eigenvalue weighted by atomic mass is 10.0. The van der Waals surface area contributed by atoms with Gasteiger partial charge >= 0.3 is 0 Å². The number of hydrogen-bond donors (Lipinski definition) is 1. The minimum absolute atomic E-state index is 0.274. The van der Waals surface area contributed by atoms with E-state index in [9.17, 15) is 4.39 Å². The molecule has 102 valence electrons. The Morgan fingerprint density at radius 3 is 2.79 bits per heavy atom. The van der Waals surface area contributed by atoms with Crippen LogP contribution in [0.15, 0.2) is 28.9 Å². The van der Waals surface area contributed by atoms with Gasteiger partial charge in [-0.05, 0) is 34.6 Å². The minimum Gasteiger partial charge on any atom is -0.305 e. The summed E-state index contributed by atoms with van der Waals surface area (Å²) in [5, 5.41) is 7.83. The molecule has 0 saturated carbocycles.